The molecule has 0 spiro atoms. The van der Waals surface area contributed by atoms with Crippen molar-refractivity contribution < 1.29 is 9.69 Å². The van der Waals surface area contributed by atoms with E-state index in [2.05, 4.69) is 45.6 Å². The van der Waals surface area contributed by atoms with Crippen LogP contribution in [0.4, 0.5) is 5.69 Å². The van der Waals surface area contributed by atoms with Crippen molar-refractivity contribution in [3.8, 4) is 0 Å². The van der Waals surface area contributed by atoms with Crippen LogP contribution in [0.1, 0.15) is 12.0 Å². The van der Waals surface area contributed by atoms with E-state index >= 15 is 0 Å². The van der Waals surface area contributed by atoms with E-state index < -0.39 is 0 Å². The summed E-state index contributed by atoms with van der Waals surface area (Å²) in [6, 6.07) is 15.7. The van der Waals surface area contributed by atoms with Crippen molar-refractivity contribution in [2.45, 2.75) is 6.42 Å². The van der Waals surface area contributed by atoms with Crippen LogP contribution < -0.4 is 15.9 Å². The highest BCUT2D eigenvalue weighted by atomic mass is 16.2. The smallest absolute Gasteiger partial charge is 0.323 e. The standard InChI is InChI=1S/C20H20N4O2/c25-19(21-16-6-7-17-18(12-16)23-20(26)22-17)13-24-10-8-15(9-11-24)14-4-2-1-3-5-14/h1-8,12H,9-11,13H2,(H,21,25)(H2,22,23,26)/p+1. The van der Waals surface area contributed by atoms with E-state index in [1.807, 2.05) is 6.07 Å². The summed E-state index contributed by atoms with van der Waals surface area (Å²) in [6.07, 6.45) is 3.21. The van der Waals surface area contributed by atoms with Crippen LogP contribution in [-0.4, -0.2) is 35.5 Å². The Morgan fingerprint density at radius 3 is 2.65 bits per heavy atom. The highest BCUT2D eigenvalue weighted by Gasteiger charge is 2.19. The van der Waals surface area contributed by atoms with Crippen LogP contribution in [-0.2, 0) is 4.79 Å². The number of imidazole rings is 1. The molecule has 1 amide bonds. The molecule has 0 bridgehead atoms. The number of aromatic amines is 2. The van der Waals surface area contributed by atoms with Gasteiger partial charge in [0, 0.05) is 12.1 Å². The number of quaternary nitrogens is 1. The third kappa shape index (κ3) is 3.60. The van der Waals surface area contributed by atoms with Crippen molar-refractivity contribution in [2.24, 2.45) is 0 Å². The highest BCUT2D eigenvalue weighted by molar-refractivity contribution is 5.93. The monoisotopic (exact) mass is 349 g/mol. The van der Waals surface area contributed by atoms with Crippen LogP contribution in [0, 0.1) is 0 Å². The van der Waals surface area contributed by atoms with Gasteiger partial charge in [0.1, 0.15) is 0 Å². The number of hydrogen-bond acceptors (Lipinski definition) is 2. The molecule has 1 aromatic heterocycles. The lowest BCUT2D eigenvalue weighted by Crippen LogP contribution is -3.13. The zero-order valence-electron chi connectivity index (χ0n) is 14.3. The SMILES string of the molecule is O=C(C[NH+]1CC=C(c2ccccc2)CC1)Nc1ccc2[nH]c(=O)[nH]c2c1. The van der Waals surface area contributed by atoms with Crippen molar-refractivity contribution in [1.29, 1.82) is 0 Å². The van der Waals surface area contributed by atoms with Crippen LogP contribution in [0.3, 0.4) is 0 Å². The molecule has 2 aromatic carbocycles. The molecule has 3 aromatic rings. The van der Waals surface area contributed by atoms with Gasteiger partial charge in [0.05, 0.1) is 24.1 Å². The number of H-pyrrole nitrogens is 2. The molecule has 4 N–H and O–H groups in total. The lowest BCUT2D eigenvalue weighted by atomic mass is 10.00. The average Bonchev–Trinajstić information content (AvgIpc) is 3.02. The van der Waals surface area contributed by atoms with Gasteiger partial charge in [-0.25, -0.2) is 4.79 Å². The number of fused-ring (bicyclic) bond motifs is 1. The predicted molar refractivity (Wildman–Crippen MR) is 102 cm³/mol. The maximum atomic E-state index is 12.3. The maximum Gasteiger partial charge on any atom is 0.323 e. The fourth-order valence-corrected chi connectivity index (χ4v) is 3.40. The second kappa shape index (κ2) is 7.01. The summed E-state index contributed by atoms with van der Waals surface area (Å²) in [6.45, 7) is 2.22. The largest absolute Gasteiger partial charge is 0.324 e. The number of amides is 1. The quantitative estimate of drug-likeness (QED) is 0.570. The summed E-state index contributed by atoms with van der Waals surface area (Å²) in [5.74, 6) is -0.0196. The number of rotatable bonds is 4. The van der Waals surface area contributed by atoms with Gasteiger partial charge in [-0.2, -0.15) is 0 Å². The number of hydrogen-bond donors (Lipinski definition) is 4. The predicted octanol–water partition coefficient (Wildman–Crippen LogP) is 1.17. The zero-order valence-corrected chi connectivity index (χ0v) is 14.3. The number of carbonyl (C=O) groups excluding carboxylic acids is 1. The van der Waals surface area contributed by atoms with Crippen molar-refractivity contribution in [3.63, 3.8) is 0 Å². The fraction of sp³-hybridized carbons (Fsp3) is 0.200. The molecule has 2 heterocycles. The highest BCUT2D eigenvalue weighted by Crippen LogP contribution is 2.18. The first-order chi connectivity index (χ1) is 12.7. The van der Waals surface area contributed by atoms with Crippen LogP contribution >= 0.6 is 0 Å². The Labute approximate surface area is 150 Å². The van der Waals surface area contributed by atoms with E-state index in [0.29, 0.717) is 17.7 Å². The molecule has 0 saturated heterocycles. The summed E-state index contributed by atoms with van der Waals surface area (Å²) >= 11 is 0. The van der Waals surface area contributed by atoms with Gasteiger partial charge in [-0.15, -0.1) is 0 Å². The van der Waals surface area contributed by atoms with Crippen LogP contribution in [0.25, 0.3) is 16.6 Å². The van der Waals surface area contributed by atoms with Crippen molar-refractivity contribution in [3.05, 3.63) is 70.7 Å². The zero-order chi connectivity index (χ0) is 17.9. The maximum absolute atomic E-state index is 12.3. The Hall–Kier alpha value is -3.12. The third-order valence-electron chi connectivity index (χ3n) is 4.74. The van der Waals surface area contributed by atoms with Gasteiger partial charge < -0.3 is 20.2 Å². The van der Waals surface area contributed by atoms with Crippen molar-refractivity contribution in [2.75, 3.05) is 25.0 Å². The van der Waals surface area contributed by atoms with Gasteiger partial charge in [0.2, 0.25) is 0 Å². The molecule has 6 heteroatoms. The fourth-order valence-electron chi connectivity index (χ4n) is 3.40. The number of carbonyl (C=O) groups is 1. The van der Waals surface area contributed by atoms with Crippen LogP contribution in [0.15, 0.2) is 59.4 Å². The number of aromatic nitrogens is 2. The van der Waals surface area contributed by atoms with Gasteiger partial charge >= 0.3 is 5.69 Å². The Balaban J connectivity index is 1.36. The lowest BCUT2D eigenvalue weighted by molar-refractivity contribution is -0.886. The van der Waals surface area contributed by atoms with E-state index in [4.69, 9.17) is 0 Å². The number of benzene rings is 2. The summed E-state index contributed by atoms with van der Waals surface area (Å²) in [4.78, 5) is 30.3. The summed E-state index contributed by atoms with van der Waals surface area (Å²) in [7, 11) is 0. The topological polar surface area (TPSA) is 82.2 Å². The Morgan fingerprint density at radius 2 is 1.88 bits per heavy atom. The van der Waals surface area contributed by atoms with Gasteiger partial charge in [-0.1, -0.05) is 30.3 Å². The third-order valence-corrected chi connectivity index (χ3v) is 4.74. The van der Waals surface area contributed by atoms with Gasteiger partial charge in [-0.3, -0.25) is 4.79 Å². The van der Waals surface area contributed by atoms with E-state index in [1.54, 1.807) is 18.2 Å². The molecule has 1 atom stereocenters. The molecule has 0 radical (unpaired) electrons. The van der Waals surface area contributed by atoms with E-state index in [1.165, 1.54) is 16.0 Å². The minimum Gasteiger partial charge on any atom is -0.324 e. The minimum atomic E-state index is -0.248. The van der Waals surface area contributed by atoms with E-state index in [9.17, 15) is 9.59 Å². The molecule has 26 heavy (non-hydrogen) atoms. The summed E-state index contributed by atoms with van der Waals surface area (Å²) in [5, 5.41) is 2.92. The van der Waals surface area contributed by atoms with Gasteiger partial charge in [-0.05, 0) is 35.4 Å². The van der Waals surface area contributed by atoms with Crippen LogP contribution in [0.2, 0.25) is 0 Å². The molecule has 1 unspecified atom stereocenters. The first-order valence-corrected chi connectivity index (χ1v) is 8.77. The first-order valence-electron chi connectivity index (χ1n) is 8.77. The average molecular weight is 349 g/mol. The van der Waals surface area contributed by atoms with Crippen molar-refractivity contribution >= 4 is 28.2 Å². The van der Waals surface area contributed by atoms with Gasteiger partial charge in [0.25, 0.3) is 5.91 Å². The molecule has 6 nitrogen and oxygen atoms in total. The van der Waals surface area contributed by atoms with Gasteiger partial charge in [0.15, 0.2) is 6.54 Å². The number of nitrogens with one attached hydrogen (secondary N) is 4. The van der Waals surface area contributed by atoms with Crippen molar-refractivity contribution in [1.82, 2.24) is 9.97 Å². The molecule has 0 aliphatic carbocycles. The second-order valence-corrected chi connectivity index (χ2v) is 6.61. The van der Waals surface area contributed by atoms with E-state index in [0.717, 1.165) is 25.0 Å². The minimum absolute atomic E-state index is 0.0196. The molecule has 0 fully saturated rings. The summed E-state index contributed by atoms with van der Waals surface area (Å²) in [5.41, 5.74) is 4.49. The molecule has 4 rings (SSSR count). The molecule has 1 aliphatic rings. The lowest BCUT2D eigenvalue weighted by Gasteiger charge is -2.23. The first kappa shape index (κ1) is 16.4. The molecule has 1 aliphatic heterocycles. The molecule has 132 valence electrons. The molecular weight excluding hydrogens is 328 g/mol. The second-order valence-electron chi connectivity index (χ2n) is 6.61. The van der Waals surface area contributed by atoms with Crippen LogP contribution in [0.5, 0.6) is 0 Å². The Kier molecular flexibility index (Phi) is 4.41. The molecule has 0 saturated carbocycles. The van der Waals surface area contributed by atoms with E-state index in [-0.39, 0.29) is 11.6 Å². The number of anilines is 1. The Bertz CT molecular complexity index is 1020. The molecular formula is C20H21N4O2+. The summed E-state index contributed by atoms with van der Waals surface area (Å²) < 4.78 is 0. The Morgan fingerprint density at radius 1 is 1.08 bits per heavy atom. The normalized spacial score (nSPS) is 17.1.